The minimum absolute atomic E-state index is 0.0216. The van der Waals surface area contributed by atoms with E-state index in [1.807, 2.05) is 4.98 Å². The Morgan fingerprint density at radius 3 is 2.92 bits per heavy atom. The summed E-state index contributed by atoms with van der Waals surface area (Å²) in [4.78, 5) is 36.1. The molecule has 0 atom stereocenters. The number of rotatable bonds is 7. The normalized spacial score (nSPS) is 10.8. The molecule has 0 bridgehead atoms. The van der Waals surface area contributed by atoms with E-state index in [9.17, 15) is 19.5 Å². The van der Waals surface area contributed by atoms with Gasteiger partial charge in [-0.05, 0) is 40.5 Å². The summed E-state index contributed by atoms with van der Waals surface area (Å²) in [6, 6.07) is 3.18. The number of hydrazone groups is 1. The van der Waals surface area contributed by atoms with E-state index in [1.165, 1.54) is 6.21 Å². The first kappa shape index (κ1) is 19.4. The van der Waals surface area contributed by atoms with E-state index in [1.54, 1.807) is 19.1 Å². The van der Waals surface area contributed by atoms with E-state index in [2.05, 4.69) is 36.7 Å². The maximum absolute atomic E-state index is 11.8. The Kier molecular flexibility index (Phi) is 6.67. The number of carbonyl (C=O) groups excluding carboxylic acids is 1. The van der Waals surface area contributed by atoms with Gasteiger partial charge in [-0.3, -0.25) is 14.6 Å². The van der Waals surface area contributed by atoms with E-state index in [-0.39, 0.29) is 30.0 Å². The number of hydrogen-bond donors (Lipinski definition) is 4. The third-order valence-electron chi connectivity index (χ3n) is 3.12. The summed E-state index contributed by atoms with van der Waals surface area (Å²) in [6.45, 7) is 2.17. The fourth-order valence-electron chi connectivity index (χ4n) is 1.94. The van der Waals surface area contributed by atoms with Gasteiger partial charge in [-0.1, -0.05) is 0 Å². The molecular formula is C15H16BrN5O5. The number of aromatic amines is 2. The molecule has 4 N–H and O–H groups in total. The highest BCUT2D eigenvalue weighted by atomic mass is 79.9. The summed E-state index contributed by atoms with van der Waals surface area (Å²) in [6.07, 6.45) is 1.39. The molecule has 10 nitrogen and oxygen atoms in total. The fraction of sp³-hybridized carbons (Fsp3) is 0.267. The van der Waals surface area contributed by atoms with Crippen molar-refractivity contribution in [3.63, 3.8) is 0 Å². The highest BCUT2D eigenvalue weighted by Gasteiger charge is 2.09. The first-order chi connectivity index (χ1) is 12.4. The van der Waals surface area contributed by atoms with Crippen molar-refractivity contribution in [2.24, 2.45) is 5.10 Å². The van der Waals surface area contributed by atoms with E-state index in [0.717, 1.165) is 0 Å². The molecule has 11 heteroatoms. The van der Waals surface area contributed by atoms with Gasteiger partial charge in [-0.15, -0.1) is 0 Å². The first-order valence-corrected chi connectivity index (χ1v) is 8.35. The van der Waals surface area contributed by atoms with Crippen LogP contribution in [0.1, 0.15) is 24.6 Å². The molecule has 0 saturated carbocycles. The zero-order valence-corrected chi connectivity index (χ0v) is 15.3. The number of aromatic nitrogens is 3. The molecule has 2 aromatic rings. The number of hydrogen-bond acceptors (Lipinski definition) is 7. The quantitative estimate of drug-likeness (QED) is 0.372. The molecule has 0 aliphatic carbocycles. The molecule has 0 radical (unpaired) electrons. The van der Waals surface area contributed by atoms with Crippen molar-refractivity contribution in [2.45, 2.75) is 19.8 Å². The maximum atomic E-state index is 11.8. The Morgan fingerprint density at radius 2 is 2.23 bits per heavy atom. The lowest BCUT2D eigenvalue weighted by molar-refractivity contribution is -0.121. The molecule has 138 valence electrons. The van der Waals surface area contributed by atoms with Crippen molar-refractivity contribution in [1.82, 2.24) is 20.6 Å². The number of ether oxygens (including phenoxy) is 1. The standard InChI is InChI=1S/C15H16BrN5O5/c1-2-26-11-6-8(5-9(16)13(11)23)7-17-20-12(22)4-3-10-14(24)18-15(25)21-19-10/h5-7,23H,2-4H2,1H3,(H,20,22)(H2,18,21,24,25). The number of aromatic hydroxyl groups is 1. The van der Waals surface area contributed by atoms with Crippen LogP contribution in [0.15, 0.2) is 31.3 Å². The second-order valence-electron chi connectivity index (χ2n) is 5.03. The summed E-state index contributed by atoms with van der Waals surface area (Å²) in [5.41, 5.74) is 1.62. The molecule has 2 rings (SSSR count). The van der Waals surface area contributed by atoms with Crippen molar-refractivity contribution >= 4 is 28.1 Å². The third-order valence-corrected chi connectivity index (χ3v) is 3.73. The van der Waals surface area contributed by atoms with Gasteiger partial charge in [-0.2, -0.15) is 10.2 Å². The average molecular weight is 426 g/mol. The highest BCUT2D eigenvalue weighted by Crippen LogP contribution is 2.34. The van der Waals surface area contributed by atoms with Gasteiger partial charge in [0.25, 0.3) is 5.56 Å². The average Bonchev–Trinajstić information content (AvgIpc) is 2.58. The second-order valence-corrected chi connectivity index (χ2v) is 5.88. The van der Waals surface area contributed by atoms with E-state index in [0.29, 0.717) is 16.6 Å². The van der Waals surface area contributed by atoms with Crippen molar-refractivity contribution in [2.75, 3.05) is 6.61 Å². The predicted octanol–water partition coefficient (Wildman–Crippen LogP) is 0.408. The molecule has 1 aromatic heterocycles. The molecule has 1 heterocycles. The lowest BCUT2D eigenvalue weighted by Gasteiger charge is -2.08. The zero-order chi connectivity index (χ0) is 19.1. The van der Waals surface area contributed by atoms with Crippen LogP contribution in [0, 0.1) is 0 Å². The lowest BCUT2D eigenvalue weighted by atomic mass is 10.2. The smallest absolute Gasteiger partial charge is 0.342 e. The molecule has 0 saturated heterocycles. The third kappa shape index (κ3) is 5.28. The van der Waals surface area contributed by atoms with Gasteiger partial charge in [0, 0.05) is 12.8 Å². The molecule has 1 aromatic carbocycles. The number of carbonyl (C=O) groups is 1. The molecule has 26 heavy (non-hydrogen) atoms. The molecule has 0 aliphatic rings. The highest BCUT2D eigenvalue weighted by molar-refractivity contribution is 9.10. The molecule has 0 fully saturated rings. The molecule has 1 amide bonds. The molecule has 0 aliphatic heterocycles. The van der Waals surface area contributed by atoms with E-state index >= 15 is 0 Å². The topological polar surface area (TPSA) is 150 Å². The van der Waals surface area contributed by atoms with Crippen molar-refractivity contribution in [3.8, 4) is 11.5 Å². The number of H-pyrrole nitrogens is 2. The van der Waals surface area contributed by atoms with Gasteiger partial charge in [0.05, 0.1) is 17.3 Å². The van der Waals surface area contributed by atoms with Crippen LogP contribution in [0.5, 0.6) is 11.5 Å². The molecule has 0 unspecified atom stereocenters. The van der Waals surface area contributed by atoms with Gasteiger partial charge in [-0.25, -0.2) is 15.3 Å². The van der Waals surface area contributed by atoms with Crippen molar-refractivity contribution in [3.05, 3.63) is 48.7 Å². The SMILES string of the molecule is CCOc1cc(C=NNC(=O)CCc2n[nH]c(=O)[nH]c2=O)cc(Br)c1O. The number of aryl methyl sites for hydroxylation is 1. The summed E-state index contributed by atoms with van der Waals surface area (Å²) in [7, 11) is 0. The lowest BCUT2D eigenvalue weighted by Crippen LogP contribution is -2.28. The van der Waals surface area contributed by atoms with Crippen LogP contribution >= 0.6 is 15.9 Å². The van der Waals surface area contributed by atoms with Crippen LogP contribution in [0.25, 0.3) is 0 Å². The number of halogens is 1. The second kappa shape index (κ2) is 8.94. The number of phenolic OH excluding ortho intramolecular Hbond substituents is 1. The van der Waals surface area contributed by atoms with Gasteiger partial charge in [0.1, 0.15) is 5.69 Å². The van der Waals surface area contributed by atoms with Crippen molar-refractivity contribution in [1.29, 1.82) is 0 Å². The van der Waals surface area contributed by atoms with Gasteiger partial charge in [0.2, 0.25) is 5.91 Å². The fourth-order valence-corrected chi connectivity index (χ4v) is 2.40. The minimum atomic E-state index is -0.709. The minimum Gasteiger partial charge on any atom is -0.503 e. The van der Waals surface area contributed by atoms with Crippen LogP contribution in [0.2, 0.25) is 0 Å². The number of benzene rings is 1. The van der Waals surface area contributed by atoms with Gasteiger partial charge >= 0.3 is 5.69 Å². The van der Waals surface area contributed by atoms with Crippen LogP contribution in [0.4, 0.5) is 0 Å². The van der Waals surface area contributed by atoms with Crippen LogP contribution in [-0.4, -0.2) is 39.0 Å². The zero-order valence-electron chi connectivity index (χ0n) is 13.7. The first-order valence-electron chi connectivity index (χ1n) is 7.55. The predicted molar refractivity (Wildman–Crippen MR) is 96.5 cm³/mol. The van der Waals surface area contributed by atoms with Crippen LogP contribution < -0.4 is 21.4 Å². The van der Waals surface area contributed by atoms with Crippen molar-refractivity contribution < 1.29 is 14.6 Å². The Morgan fingerprint density at radius 1 is 1.46 bits per heavy atom. The maximum Gasteiger partial charge on any atom is 0.342 e. The summed E-state index contributed by atoms with van der Waals surface area (Å²) in [5, 5.41) is 19.3. The van der Waals surface area contributed by atoms with E-state index in [4.69, 9.17) is 4.74 Å². The summed E-state index contributed by atoms with van der Waals surface area (Å²) >= 11 is 3.21. The number of amides is 1. The Hall–Kier alpha value is -2.95. The Bertz CT molecular complexity index is 937. The Balaban J connectivity index is 1.94. The largest absolute Gasteiger partial charge is 0.503 e. The van der Waals surface area contributed by atoms with Gasteiger partial charge < -0.3 is 9.84 Å². The van der Waals surface area contributed by atoms with Crippen LogP contribution in [0.3, 0.4) is 0 Å². The summed E-state index contributed by atoms with van der Waals surface area (Å²) < 4.78 is 5.73. The van der Waals surface area contributed by atoms with Gasteiger partial charge in [0.15, 0.2) is 11.5 Å². The van der Waals surface area contributed by atoms with E-state index < -0.39 is 17.2 Å². The van der Waals surface area contributed by atoms with Crippen LogP contribution in [-0.2, 0) is 11.2 Å². The number of phenols is 1. The Labute approximate surface area is 155 Å². The molecule has 0 spiro atoms. The monoisotopic (exact) mass is 425 g/mol. The summed E-state index contributed by atoms with van der Waals surface area (Å²) in [5.74, 6) is -0.166. The number of nitrogens with zero attached hydrogens (tertiary/aromatic N) is 2. The number of nitrogens with one attached hydrogen (secondary N) is 3. The molecular weight excluding hydrogens is 410 g/mol.